The summed E-state index contributed by atoms with van der Waals surface area (Å²) >= 11 is 0. The van der Waals surface area contributed by atoms with Gasteiger partial charge in [-0.15, -0.1) is 0 Å². The first-order valence-corrected chi connectivity index (χ1v) is 7.09. The fourth-order valence-electron chi connectivity index (χ4n) is 1.86. The Kier molecular flexibility index (Phi) is 9.42. The van der Waals surface area contributed by atoms with Crippen LogP contribution < -0.4 is 5.32 Å². The molecule has 0 saturated carbocycles. The van der Waals surface area contributed by atoms with Gasteiger partial charge in [-0.1, -0.05) is 13.3 Å². The molecule has 1 unspecified atom stereocenters. The maximum atomic E-state index is 9.66. The molecule has 1 aliphatic rings. The van der Waals surface area contributed by atoms with Crippen LogP contribution in [0, 0.1) is 0 Å². The minimum Gasteiger partial charge on any atom is -0.389 e. The molecule has 1 saturated heterocycles. The van der Waals surface area contributed by atoms with Crippen molar-refractivity contribution in [3.05, 3.63) is 0 Å². The topological polar surface area (TPSA) is 54.0 Å². The van der Waals surface area contributed by atoms with E-state index in [4.69, 9.17) is 9.47 Å². The molecule has 5 heteroatoms. The summed E-state index contributed by atoms with van der Waals surface area (Å²) < 4.78 is 10.7. The fourth-order valence-corrected chi connectivity index (χ4v) is 1.86. The van der Waals surface area contributed by atoms with Crippen molar-refractivity contribution in [1.29, 1.82) is 0 Å². The Balaban J connectivity index is 1.86. The van der Waals surface area contributed by atoms with Gasteiger partial charge in [-0.25, -0.2) is 0 Å². The van der Waals surface area contributed by atoms with Crippen LogP contribution in [0.2, 0.25) is 0 Å². The average Bonchev–Trinajstić information content (AvgIpc) is 2.41. The molecule has 0 radical (unpaired) electrons. The number of nitrogens with zero attached hydrogens (tertiary/aromatic N) is 1. The Morgan fingerprint density at radius 3 is 2.89 bits per heavy atom. The lowest BCUT2D eigenvalue weighted by atomic mass is 10.3. The van der Waals surface area contributed by atoms with Gasteiger partial charge in [0, 0.05) is 39.3 Å². The fraction of sp³-hybridized carbons (Fsp3) is 1.00. The molecule has 0 spiro atoms. The minimum absolute atomic E-state index is 0.397. The SMILES string of the molecule is CCCCOCC(O)CNCCN1CCOCC1. The molecule has 1 atom stereocenters. The van der Waals surface area contributed by atoms with Crippen LogP contribution in [-0.4, -0.2) is 75.3 Å². The van der Waals surface area contributed by atoms with Crippen LogP contribution in [-0.2, 0) is 9.47 Å². The van der Waals surface area contributed by atoms with Crippen molar-refractivity contribution in [2.45, 2.75) is 25.9 Å². The molecule has 1 aliphatic heterocycles. The molecule has 1 rings (SSSR count). The first-order chi connectivity index (χ1) is 8.83. The van der Waals surface area contributed by atoms with E-state index < -0.39 is 6.10 Å². The van der Waals surface area contributed by atoms with E-state index >= 15 is 0 Å². The summed E-state index contributed by atoms with van der Waals surface area (Å²) in [5.41, 5.74) is 0. The number of nitrogens with one attached hydrogen (secondary N) is 1. The second-order valence-electron chi connectivity index (χ2n) is 4.74. The van der Waals surface area contributed by atoms with E-state index in [2.05, 4.69) is 17.1 Å². The number of hydrogen-bond acceptors (Lipinski definition) is 5. The molecule has 5 nitrogen and oxygen atoms in total. The lowest BCUT2D eigenvalue weighted by Gasteiger charge is -2.26. The molecule has 108 valence electrons. The zero-order valence-electron chi connectivity index (χ0n) is 11.6. The van der Waals surface area contributed by atoms with Gasteiger partial charge in [-0.05, 0) is 6.42 Å². The minimum atomic E-state index is -0.397. The third kappa shape index (κ3) is 8.00. The zero-order chi connectivity index (χ0) is 13.1. The first kappa shape index (κ1) is 15.9. The maximum absolute atomic E-state index is 9.66. The summed E-state index contributed by atoms with van der Waals surface area (Å²) in [6.45, 7) is 9.57. The average molecular weight is 260 g/mol. The Labute approximate surface area is 110 Å². The van der Waals surface area contributed by atoms with Crippen molar-refractivity contribution >= 4 is 0 Å². The van der Waals surface area contributed by atoms with Crippen molar-refractivity contribution in [1.82, 2.24) is 10.2 Å². The van der Waals surface area contributed by atoms with E-state index in [0.29, 0.717) is 13.2 Å². The number of aliphatic hydroxyl groups excluding tert-OH is 1. The predicted octanol–water partition coefficient (Wildman–Crippen LogP) is 0.0858. The summed E-state index contributed by atoms with van der Waals surface area (Å²) in [5.74, 6) is 0. The van der Waals surface area contributed by atoms with Crippen molar-refractivity contribution in [2.24, 2.45) is 0 Å². The van der Waals surface area contributed by atoms with Crippen LogP contribution >= 0.6 is 0 Å². The largest absolute Gasteiger partial charge is 0.389 e. The highest BCUT2D eigenvalue weighted by Crippen LogP contribution is 1.95. The van der Waals surface area contributed by atoms with Crippen LogP contribution in [0.25, 0.3) is 0 Å². The summed E-state index contributed by atoms with van der Waals surface area (Å²) in [4.78, 5) is 2.38. The molecule has 0 bridgehead atoms. The van der Waals surface area contributed by atoms with Crippen LogP contribution in [0.3, 0.4) is 0 Å². The van der Waals surface area contributed by atoms with Gasteiger partial charge in [0.25, 0.3) is 0 Å². The molecular formula is C13H28N2O3. The van der Waals surface area contributed by atoms with E-state index in [0.717, 1.165) is 58.8 Å². The van der Waals surface area contributed by atoms with Gasteiger partial charge in [0.05, 0.1) is 25.9 Å². The lowest BCUT2D eigenvalue weighted by Crippen LogP contribution is -2.41. The summed E-state index contributed by atoms with van der Waals surface area (Å²) in [5, 5.41) is 12.9. The van der Waals surface area contributed by atoms with Crippen LogP contribution in [0.5, 0.6) is 0 Å². The molecule has 0 aromatic carbocycles. The number of hydrogen-bond donors (Lipinski definition) is 2. The van der Waals surface area contributed by atoms with Gasteiger partial charge in [0.2, 0.25) is 0 Å². The number of unbranched alkanes of at least 4 members (excludes halogenated alkanes) is 1. The highest BCUT2D eigenvalue weighted by Gasteiger charge is 2.09. The predicted molar refractivity (Wildman–Crippen MR) is 71.9 cm³/mol. The highest BCUT2D eigenvalue weighted by molar-refractivity contribution is 4.65. The van der Waals surface area contributed by atoms with Crippen LogP contribution in [0.4, 0.5) is 0 Å². The molecule has 18 heavy (non-hydrogen) atoms. The normalized spacial score (nSPS) is 19.0. The summed E-state index contributed by atoms with van der Waals surface area (Å²) in [6.07, 6.45) is 1.80. The standard InChI is InChI=1S/C13H28N2O3/c1-2-3-8-18-12-13(16)11-14-4-5-15-6-9-17-10-7-15/h13-14,16H,2-12H2,1H3. The van der Waals surface area contributed by atoms with Crippen molar-refractivity contribution in [2.75, 3.05) is 59.2 Å². The van der Waals surface area contributed by atoms with Gasteiger partial charge in [0.1, 0.15) is 0 Å². The van der Waals surface area contributed by atoms with E-state index in [-0.39, 0.29) is 0 Å². The van der Waals surface area contributed by atoms with Crippen molar-refractivity contribution in [3.63, 3.8) is 0 Å². The smallest absolute Gasteiger partial charge is 0.0897 e. The number of aliphatic hydroxyl groups is 1. The summed E-state index contributed by atoms with van der Waals surface area (Å²) in [7, 11) is 0. The van der Waals surface area contributed by atoms with E-state index in [1.165, 1.54) is 0 Å². The van der Waals surface area contributed by atoms with Crippen LogP contribution in [0.1, 0.15) is 19.8 Å². The van der Waals surface area contributed by atoms with Crippen molar-refractivity contribution in [3.8, 4) is 0 Å². The third-order valence-electron chi connectivity index (χ3n) is 3.04. The van der Waals surface area contributed by atoms with Gasteiger partial charge >= 0.3 is 0 Å². The Hall–Kier alpha value is -0.200. The van der Waals surface area contributed by atoms with E-state index in [1.807, 2.05) is 0 Å². The van der Waals surface area contributed by atoms with E-state index in [1.54, 1.807) is 0 Å². The number of ether oxygens (including phenoxy) is 2. The Morgan fingerprint density at radius 1 is 1.39 bits per heavy atom. The zero-order valence-corrected chi connectivity index (χ0v) is 11.6. The lowest BCUT2D eigenvalue weighted by molar-refractivity contribution is 0.0307. The van der Waals surface area contributed by atoms with Crippen LogP contribution in [0.15, 0.2) is 0 Å². The van der Waals surface area contributed by atoms with Gasteiger partial charge in [-0.3, -0.25) is 4.90 Å². The maximum Gasteiger partial charge on any atom is 0.0897 e. The Bertz CT molecular complexity index is 187. The molecular weight excluding hydrogens is 232 g/mol. The number of rotatable bonds is 10. The monoisotopic (exact) mass is 260 g/mol. The van der Waals surface area contributed by atoms with Gasteiger partial charge in [0.15, 0.2) is 0 Å². The molecule has 2 N–H and O–H groups in total. The highest BCUT2D eigenvalue weighted by atomic mass is 16.5. The molecule has 0 amide bonds. The molecule has 1 heterocycles. The second kappa shape index (κ2) is 10.7. The van der Waals surface area contributed by atoms with Crippen molar-refractivity contribution < 1.29 is 14.6 Å². The molecule has 0 aromatic heterocycles. The molecule has 0 aliphatic carbocycles. The van der Waals surface area contributed by atoms with Gasteiger partial charge < -0.3 is 19.9 Å². The quantitative estimate of drug-likeness (QED) is 0.545. The Morgan fingerprint density at radius 2 is 2.17 bits per heavy atom. The van der Waals surface area contributed by atoms with E-state index in [9.17, 15) is 5.11 Å². The number of morpholine rings is 1. The molecule has 1 fully saturated rings. The first-order valence-electron chi connectivity index (χ1n) is 7.09. The third-order valence-corrected chi connectivity index (χ3v) is 3.04. The summed E-state index contributed by atoms with van der Waals surface area (Å²) in [6, 6.07) is 0. The van der Waals surface area contributed by atoms with Gasteiger partial charge in [-0.2, -0.15) is 0 Å². The molecule has 0 aromatic rings. The second-order valence-corrected chi connectivity index (χ2v) is 4.74.